The second-order valence-corrected chi connectivity index (χ2v) is 11.9. The molecule has 15 heteroatoms. The standard InChI is InChI=1S/C33H38FN3O8.HO2P/c1-20-17-36(14-13-35(20)12-11-28(40)21-5-9-24(10-6-21)45-15-3-4-23(39)19-38)30-27(34)16-25-29(32(30)44-2)37(22-7-8-22)18-26(31(25)41)33(42)43;1-3-2/h5-6,9-10,16,18-20,22-23,39H,3-4,7-8,11-15,17H2,1-2H3,(H,42,43);3H/p+1. The number of nitrogens with zero attached hydrogens (tertiary/aromatic N) is 3. The van der Waals surface area contributed by atoms with Crippen molar-refractivity contribution in [1.82, 2.24) is 9.47 Å². The van der Waals surface area contributed by atoms with Gasteiger partial charge in [0.1, 0.15) is 29.4 Å². The summed E-state index contributed by atoms with van der Waals surface area (Å²) < 4.78 is 37.3. The Labute approximate surface area is 277 Å². The first kappa shape index (κ1) is 36.6. The lowest BCUT2D eigenvalue weighted by Crippen LogP contribution is -2.52. The number of methoxy groups -OCH3 is 1. The first-order chi connectivity index (χ1) is 23.0. The van der Waals surface area contributed by atoms with Gasteiger partial charge >= 0.3 is 14.7 Å². The number of aliphatic hydroxyl groups is 1. The number of carboxylic acid groups (broad SMARTS) is 1. The topological polar surface area (TPSA) is 176 Å². The highest BCUT2D eigenvalue weighted by atomic mass is 31.1. The number of aliphatic hydroxyl groups excluding tert-OH is 1. The van der Waals surface area contributed by atoms with E-state index in [1.54, 1.807) is 28.8 Å². The van der Waals surface area contributed by atoms with Crippen molar-refractivity contribution in [2.75, 3.05) is 44.8 Å². The molecule has 3 atom stereocenters. The van der Waals surface area contributed by atoms with Gasteiger partial charge < -0.3 is 33.9 Å². The monoisotopic (exact) mass is 688 g/mol. The molecule has 0 spiro atoms. The Morgan fingerprint density at radius 3 is 2.46 bits per heavy atom. The molecule has 48 heavy (non-hydrogen) atoms. The van der Waals surface area contributed by atoms with Crippen LogP contribution in [0.2, 0.25) is 0 Å². The van der Waals surface area contributed by atoms with Gasteiger partial charge in [0.05, 0.1) is 24.6 Å². The van der Waals surface area contributed by atoms with Crippen LogP contribution in [0.15, 0.2) is 41.3 Å². The van der Waals surface area contributed by atoms with Gasteiger partial charge in [-0.3, -0.25) is 14.5 Å². The highest BCUT2D eigenvalue weighted by molar-refractivity contribution is 7.16. The normalized spacial score (nSPS) is 17.0. The summed E-state index contributed by atoms with van der Waals surface area (Å²) in [6, 6.07) is 8.02. The van der Waals surface area contributed by atoms with E-state index < -0.39 is 37.6 Å². The first-order valence-electron chi connectivity index (χ1n) is 15.6. The molecule has 1 saturated carbocycles. The minimum absolute atomic E-state index is 0.00805. The van der Waals surface area contributed by atoms with Gasteiger partial charge in [-0.05, 0) is 67.5 Å². The maximum Gasteiger partial charge on any atom is 0.491 e. The fraction of sp³-hybridized carbons (Fsp3) is 0.455. The van der Waals surface area contributed by atoms with Crippen molar-refractivity contribution >= 4 is 43.3 Å². The van der Waals surface area contributed by atoms with Crippen LogP contribution in [-0.2, 0) is 9.36 Å². The van der Waals surface area contributed by atoms with E-state index in [9.17, 15) is 29.4 Å². The Kier molecular flexibility index (Phi) is 12.8. The summed E-state index contributed by atoms with van der Waals surface area (Å²) in [5.41, 5.74) is 0.0798. The Morgan fingerprint density at radius 1 is 1.19 bits per heavy atom. The predicted molar refractivity (Wildman–Crippen MR) is 177 cm³/mol. The van der Waals surface area contributed by atoms with Gasteiger partial charge in [-0.25, -0.2) is 9.18 Å². The van der Waals surface area contributed by atoms with E-state index in [0.717, 1.165) is 18.9 Å². The van der Waals surface area contributed by atoms with Crippen LogP contribution >= 0.6 is 8.69 Å². The van der Waals surface area contributed by atoms with E-state index in [0.29, 0.717) is 75.2 Å². The van der Waals surface area contributed by atoms with Crippen LogP contribution in [0.4, 0.5) is 10.1 Å². The molecule has 2 fully saturated rings. The Morgan fingerprint density at radius 2 is 1.88 bits per heavy atom. The number of rotatable bonds is 14. The number of ether oxygens (including phenoxy) is 2. The molecule has 13 nitrogen and oxygen atoms in total. The van der Waals surface area contributed by atoms with Gasteiger partial charge in [-0.15, -0.1) is 0 Å². The molecule has 3 N–H and O–H groups in total. The van der Waals surface area contributed by atoms with Gasteiger partial charge in [0.2, 0.25) is 5.43 Å². The summed E-state index contributed by atoms with van der Waals surface area (Å²) >= 11 is 0. The first-order valence-corrected chi connectivity index (χ1v) is 16.5. The lowest BCUT2D eigenvalue weighted by Gasteiger charge is -2.41. The number of anilines is 1. The average Bonchev–Trinajstić information content (AvgIpc) is 3.92. The number of pyridine rings is 1. The Balaban J connectivity index is 0.00000167. The number of hydrogen-bond donors (Lipinski definition) is 3. The van der Waals surface area contributed by atoms with Gasteiger partial charge in [0.25, 0.3) is 0 Å². The van der Waals surface area contributed by atoms with Crippen LogP contribution < -0.4 is 19.8 Å². The number of fused-ring (bicyclic) bond motifs is 1. The number of piperazine rings is 1. The van der Waals surface area contributed by atoms with Crippen molar-refractivity contribution in [2.45, 2.75) is 57.2 Å². The van der Waals surface area contributed by atoms with Crippen molar-refractivity contribution in [1.29, 1.82) is 0 Å². The average molecular weight is 689 g/mol. The highest BCUT2D eigenvalue weighted by Crippen LogP contribution is 2.44. The predicted octanol–water partition coefficient (Wildman–Crippen LogP) is 3.60. The summed E-state index contributed by atoms with van der Waals surface area (Å²) in [4.78, 5) is 59.3. The summed E-state index contributed by atoms with van der Waals surface area (Å²) in [6.07, 6.45) is 3.68. The van der Waals surface area contributed by atoms with E-state index >= 15 is 4.39 Å². The lowest BCUT2D eigenvalue weighted by atomic mass is 10.1. The van der Waals surface area contributed by atoms with Crippen molar-refractivity contribution in [3.63, 3.8) is 0 Å². The summed E-state index contributed by atoms with van der Waals surface area (Å²) in [5, 5.41) is 18.9. The minimum Gasteiger partial charge on any atom is -0.494 e. The van der Waals surface area contributed by atoms with Gasteiger partial charge in [-0.2, -0.15) is 4.89 Å². The molecule has 1 aromatic heterocycles. The maximum absolute atomic E-state index is 15.7. The Hall–Kier alpha value is -4.23. The number of aromatic nitrogens is 1. The van der Waals surface area contributed by atoms with E-state index in [2.05, 4.69) is 4.90 Å². The van der Waals surface area contributed by atoms with Gasteiger partial charge in [0.15, 0.2) is 17.3 Å². The second-order valence-electron chi connectivity index (χ2n) is 11.8. The molecule has 5 rings (SSSR count). The van der Waals surface area contributed by atoms with E-state index in [-0.39, 0.29) is 34.7 Å². The van der Waals surface area contributed by atoms with Crippen molar-refractivity contribution in [3.05, 3.63) is 63.7 Å². The fourth-order valence-corrected chi connectivity index (χ4v) is 5.93. The third kappa shape index (κ3) is 8.62. The van der Waals surface area contributed by atoms with Crippen LogP contribution in [0.1, 0.15) is 65.8 Å². The number of aromatic carboxylic acids is 1. The van der Waals surface area contributed by atoms with E-state index in [4.69, 9.17) is 18.9 Å². The van der Waals surface area contributed by atoms with Crippen molar-refractivity contribution in [2.24, 2.45) is 0 Å². The fourth-order valence-electron chi connectivity index (χ4n) is 5.93. The number of halogens is 1. The number of carbonyl (C=O) groups excluding carboxylic acids is 2. The van der Waals surface area contributed by atoms with Crippen LogP contribution in [0.25, 0.3) is 10.9 Å². The number of hydrogen-bond acceptors (Lipinski definition) is 10. The maximum atomic E-state index is 15.7. The molecular weight excluding hydrogens is 648 g/mol. The zero-order chi connectivity index (χ0) is 35.0. The van der Waals surface area contributed by atoms with Crippen molar-refractivity contribution < 1.29 is 47.9 Å². The van der Waals surface area contributed by atoms with Crippen LogP contribution in [-0.4, -0.2) is 94.7 Å². The van der Waals surface area contributed by atoms with Crippen LogP contribution in [0, 0.1) is 5.82 Å². The smallest absolute Gasteiger partial charge is 0.491 e. The quantitative estimate of drug-likeness (QED) is 0.0973. The molecule has 0 bridgehead atoms. The molecule has 2 heterocycles. The molecule has 2 aromatic carbocycles. The number of ketones is 1. The third-order valence-electron chi connectivity index (χ3n) is 8.53. The molecule has 1 aliphatic heterocycles. The third-order valence-corrected chi connectivity index (χ3v) is 8.53. The zero-order valence-electron chi connectivity index (χ0n) is 26.8. The number of benzene rings is 2. The SMILES string of the molecule is COc1c(N2CCN(CCC(=O)c3ccc(OCCCC(O)C=O)cc3)C(C)C2)c(F)cc2c(=O)c(C(=O)O)cn(C3CC3)c12.O=[PH+]O. The molecule has 258 valence electrons. The molecule has 3 aromatic rings. The largest absolute Gasteiger partial charge is 0.494 e. The number of carboxylic acids is 1. The lowest BCUT2D eigenvalue weighted by molar-refractivity contribution is -0.115. The van der Waals surface area contributed by atoms with Crippen molar-refractivity contribution in [3.8, 4) is 11.5 Å². The number of Topliss-reactive ketones (excluding diaryl/α,β-unsaturated/α-hetero) is 1. The summed E-state index contributed by atoms with van der Waals surface area (Å²) in [6.45, 7) is 4.40. The van der Waals surface area contributed by atoms with E-state index in [1.165, 1.54) is 13.3 Å². The van der Waals surface area contributed by atoms with E-state index in [1.807, 2.05) is 11.8 Å². The molecule has 2 aliphatic rings. The second kappa shape index (κ2) is 16.7. The molecule has 0 radical (unpaired) electrons. The number of aldehydes is 1. The zero-order valence-corrected chi connectivity index (χ0v) is 27.8. The van der Waals surface area contributed by atoms with Gasteiger partial charge in [-0.1, -0.05) is 0 Å². The molecule has 0 amide bonds. The van der Waals surface area contributed by atoms with Crippen LogP contribution in [0.3, 0.4) is 0 Å². The molecular formula is C33H40FN3O10P+. The molecule has 1 saturated heterocycles. The minimum atomic E-state index is -1.35. The van der Waals surface area contributed by atoms with Crippen LogP contribution in [0.5, 0.6) is 11.5 Å². The highest BCUT2D eigenvalue weighted by Gasteiger charge is 2.33. The van der Waals surface area contributed by atoms with Gasteiger partial charge in [0, 0.05) is 56.4 Å². The summed E-state index contributed by atoms with van der Waals surface area (Å²) in [5.74, 6) is -1.19. The summed E-state index contributed by atoms with van der Waals surface area (Å²) in [7, 11) is 0.260. The molecule has 1 aliphatic carbocycles. The number of carbonyl (C=O) groups is 3. The Bertz CT molecular complexity index is 1700. The molecule has 3 unspecified atom stereocenters.